The van der Waals surface area contributed by atoms with Crippen LogP contribution in [0, 0.1) is 23.7 Å². The Morgan fingerprint density at radius 2 is 1.62 bits per heavy atom. The average molecular weight is 869 g/mol. The molecule has 1 aliphatic carbocycles. The summed E-state index contributed by atoms with van der Waals surface area (Å²) in [6.07, 6.45) is 7.95. The number of nitrogens with one attached hydrogen (secondary N) is 3. The molecule has 1 aliphatic heterocycles. The van der Waals surface area contributed by atoms with Crippen LogP contribution >= 0.6 is 0 Å². The number of ether oxygens (including phenoxy) is 2. The molecule has 0 radical (unpaired) electrons. The van der Waals surface area contributed by atoms with Crippen LogP contribution in [0.15, 0.2) is 23.8 Å². The summed E-state index contributed by atoms with van der Waals surface area (Å²) in [5.41, 5.74) is 0.941. The summed E-state index contributed by atoms with van der Waals surface area (Å²) in [5, 5.41) is 8.40. The van der Waals surface area contributed by atoms with Crippen LogP contribution in [0.25, 0.3) is 0 Å². The molecular formula is C43H76N6O10S. The molecule has 60 heavy (non-hydrogen) atoms. The van der Waals surface area contributed by atoms with Gasteiger partial charge in [0.25, 0.3) is 10.1 Å². The molecule has 0 aromatic rings. The highest BCUT2D eigenvalue weighted by Crippen LogP contribution is 2.30. The topological polar surface area (TPSA) is 204 Å². The van der Waals surface area contributed by atoms with Crippen molar-refractivity contribution in [1.82, 2.24) is 30.7 Å². The largest absolute Gasteiger partial charge is 0.379 e. The lowest BCUT2D eigenvalue weighted by atomic mass is 9.89. The third-order valence-electron chi connectivity index (χ3n) is 12.2. The van der Waals surface area contributed by atoms with E-state index in [0.717, 1.165) is 12.0 Å². The molecule has 0 spiro atoms. The zero-order valence-corrected chi connectivity index (χ0v) is 39.0. The number of hydrogen-bond donors (Lipinski definition) is 4. The maximum Gasteiger partial charge on any atom is 0.266 e. The van der Waals surface area contributed by atoms with E-state index in [-0.39, 0.29) is 54.9 Å². The number of allylic oxidation sites excluding steroid dienone is 3. The highest BCUT2D eigenvalue weighted by atomic mass is 32.2. The summed E-state index contributed by atoms with van der Waals surface area (Å²) in [5.74, 6) is -3.47. The number of rotatable bonds is 25. The lowest BCUT2D eigenvalue weighted by Crippen LogP contribution is -2.60. The van der Waals surface area contributed by atoms with Crippen LogP contribution in [0.4, 0.5) is 0 Å². The normalized spacial score (nSPS) is 19.8. The first-order chi connectivity index (χ1) is 28.1. The van der Waals surface area contributed by atoms with E-state index in [4.69, 9.17) is 14.0 Å². The SMILES string of the molecule is CC[C@H](C)[C@@H]([C@@H](CC(=O)N1CCC[C@H]1[C@H](OC)[C@@H](C)C(=O)N[C@@H](CC1=CC=CCC1)C(=O)NCCS(=O)(=O)O)OC)N(C)C(=O)[C@@H](NC(=O)[C@H](C(C)C)N(C)CC)C(C)C. The zero-order valence-electron chi connectivity index (χ0n) is 38.2. The van der Waals surface area contributed by atoms with Crippen molar-refractivity contribution in [2.24, 2.45) is 23.7 Å². The minimum absolute atomic E-state index is 0.0231. The molecule has 0 unspecified atom stereocenters. The summed E-state index contributed by atoms with van der Waals surface area (Å²) in [6.45, 7) is 16.2. The fourth-order valence-corrected chi connectivity index (χ4v) is 8.87. The second-order valence-electron chi connectivity index (χ2n) is 17.2. The molecule has 0 aromatic carbocycles. The van der Waals surface area contributed by atoms with Crippen molar-refractivity contribution in [3.63, 3.8) is 0 Å². The second kappa shape index (κ2) is 24.9. The van der Waals surface area contributed by atoms with Gasteiger partial charge in [-0.3, -0.25) is 33.4 Å². The molecule has 0 aromatic heterocycles. The van der Waals surface area contributed by atoms with Crippen molar-refractivity contribution in [3.8, 4) is 0 Å². The lowest BCUT2D eigenvalue weighted by Gasteiger charge is -2.41. The highest BCUT2D eigenvalue weighted by Gasteiger charge is 2.43. The Hall–Kier alpha value is -3.38. The fraction of sp³-hybridized carbons (Fsp3) is 0.791. The van der Waals surface area contributed by atoms with E-state index < -0.39 is 76.0 Å². The van der Waals surface area contributed by atoms with Crippen molar-refractivity contribution in [1.29, 1.82) is 0 Å². The average Bonchev–Trinajstić information content (AvgIpc) is 3.68. The van der Waals surface area contributed by atoms with Gasteiger partial charge in [0.2, 0.25) is 29.5 Å². The van der Waals surface area contributed by atoms with E-state index in [0.29, 0.717) is 38.8 Å². The first kappa shape index (κ1) is 52.8. The van der Waals surface area contributed by atoms with Gasteiger partial charge in [-0.15, -0.1) is 0 Å². The number of hydrogen-bond acceptors (Lipinski definition) is 10. The van der Waals surface area contributed by atoms with Crippen LogP contribution in [0.1, 0.15) is 100 Å². The Morgan fingerprint density at radius 1 is 0.950 bits per heavy atom. The van der Waals surface area contributed by atoms with Gasteiger partial charge >= 0.3 is 0 Å². The van der Waals surface area contributed by atoms with Gasteiger partial charge in [0, 0.05) is 34.4 Å². The Kier molecular flexibility index (Phi) is 21.9. The number of likely N-dealkylation sites (N-methyl/N-ethyl adjacent to an activating group) is 2. The van der Waals surface area contributed by atoms with Crippen LogP contribution < -0.4 is 16.0 Å². The Labute approximate surface area is 359 Å². The third kappa shape index (κ3) is 15.2. The second-order valence-corrected chi connectivity index (χ2v) is 18.8. The molecule has 17 heteroatoms. The lowest BCUT2D eigenvalue weighted by molar-refractivity contribution is -0.148. The summed E-state index contributed by atoms with van der Waals surface area (Å²) >= 11 is 0. The van der Waals surface area contributed by atoms with E-state index >= 15 is 0 Å². The summed E-state index contributed by atoms with van der Waals surface area (Å²) in [4.78, 5) is 74.8. The Morgan fingerprint density at radius 3 is 2.13 bits per heavy atom. The van der Waals surface area contributed by atoms with Crippen LogP contribution in [0.5, 0.6) is 0 Å². The molecule has 2 aliphatic rings. The van der Waals surface area contributed by atoms with Crippen molar-refractivity contribution in [2.45, 2.75) is 143 Å². The summed E-state index contributed by atoms with van der Waals surface area (Å²) in [7, 11) is 2.31. The van der Waals surface area contributed by atoms with E-state index in [1.165, 1.54) is 14.2 Å². The van der Waals surface area contributed by atoms with Crippen molar-refractivity contribution >= 4 is 39.7 Å². The maximum atomic E-state index is 14.3. The van der Waals surface area contributed by atoms with E-state index in [9.17, 15) is 32.4 Å². The van der Waals surface area contributed by atoms with Gasteiger partial charge < -0.3 is 35.2 Å². The van der Waals surface area contributed by atoms with Gasteiger partial charge in [0.1, 0.15) is 12.1 Å². The monoisotopic (exact) mass is 869 g/mol. The van der Waals surface area contributed by atoms with E-state index in [2.05, 4.69) is 16.0 Å². The molecule has 0 saturated carbocycles. The van der Waals surface area contributed by atoms with Crippen molar-refractivity contribution in [3.05, 3.63) is 23.8 Å². The first-order valence-electron chi connectivity index (χ1n) is 21.6. The molecular weight excluding hydrogens is 793 g/mol. The molecule has 344 valence electrons. The van der Waals surface area contributed by atoms with Gasteiger partial charge in [-0.05, 0) is 63.5 Å². The minimum atomic E-state index is -4.30. The van der Waals surface area contributed by atoms with Crippen LogP contribution in [0.3, 0.4) is 0 Å². The van der Waals surface area contributed by atoms with Crippen molar-refractivity contribution in [2.75, 3.05) is 53.7 Å². The molecule has 0 bridgehead atoms. The van der Waals surface area contributed by atoms with Crippen LogP contribution in [0.2, 0.25) is 0 Å². The molecule has 1 fully saturated rings. The minimum Gasteiger partial charge on any atom is -0.379 e. The van der Waals surface area contributed by atoms with Crippen LogP contribution in [-0.4, -0.2) is 153 Å². The van der Waals surface area contributed by atoms with Gasteiger partial charge in [-0.25, -0.2) is 0 Å². The molecule has 2 rings (SSSR count). The van der Waals surface area contributed by atoms with Gasteiger partial charge in [-0.2, -0.15) is 8.42 Å². The molecule has 9 atom stereocenters. The zero-order chi connectivity index (χ0) is 45.5. The Bertz CT molecular complexity index is 1600. The van der Waals surface area contributed by atoms with Crippen molar-refractivity contribution < 1.29 is 46.4 Å². The number of likely N-dealkylation sites (tertiary alicyclic amines) is 1. The van der Waals surface area contributed by atoms with Gasteiger partial charge in [0.15, 0.2) is 0 Å². The molecule has 1 heterocycles. The third-order valence-corrected chi connectivity index (χ3v) is 12.9. The molecule has 1 saturated heterocycles. The fourth-order valence-electron chi connectivity index (χ4n) is 8.51. The van der Waals surface area contributed by atoms with E-state index in [1.54, 1.807) is 23.8 Å². The van der Waals surface area contributed by atoms with Gasteiger partial charge in [0.05, 0.1) is 48.4 Å². The number of nitrogens with zero attached hydrogens (tertiary/aromatic N) is 3. The smallest absolute Gasteiger partial charge is 0.266 e. The van der Waals surface area contributed by atoms with E-state index in [1.807, 2.05) is 78.6 Å². The van der Waals surface area contributed by atoms with Crippen LogP contribution in [-0.2, 0) is 43.6 Å². The molecule has 16 nitrogen and oxygen atoms in total. The molecule has 4 N–H and O–H groups in total. The Balaban J connectivity index is 2.30. The predicted octanol–water partition coefficient (Wildman–Crippen LogP) is 3.18. The number of methoxy groups -OCH3 is 2. The number of carbonyl (C=O) groups is 5. The quantitative estimate of drug-likeness (QED) is 0.0982. The summed E-state index contributed by atoms with van der Waals surface area (Å²) in [6, 6.07) is -3.20. The highest BCUT2D eigenvalue weighted by molar-refractivity contribution is 7.85. The predicted molar refractivity (Wildman–Crippen MR) is 232 cm³/mol. The maximum absolute atomic E-state index is 14.3. The summed E-state index contributed by atoms with van der Waals surface area (Å²) < 4.78 is 43.6. The standard InChI is InChI=1S/C43H76N6O10S/c1-13-29(7)38(48(10)43(54)36(27(3)4)46-42(53)37(28(5)6)47(9)14-2)34(58-11)26-35(50)49-23-18-21-33(49)39(59-12)30(8)40(51)45-32(25-31-19-16-15-17-20-31)41(52)44-22-24-60(55,56)57/h15-16,19,27-30,32-34,36-39H,13-14,17-18,20-26H2,1-12H3,(H,44,52)(H,45,51)(H,46,53)(H,55,56,57)/t29-,30+,32-,33-,34+,36-,37-,38-,39+/m0/s1. The number of amides is 5. The molecule has 5 amide bonds. The first-order valence-corrected chi connectivity index (χ1v) is 23.2. The number of carbonyl (C=O) groups excluding carboxylic acids is 5. The van der Waals surface area contributed by atoms with Gasteiger partial charge in [-0.1, -0.05) is 85.6 Å².